The van der Waals surface area contributed by atoms with Crippen LogP contribution in [-0.2, 0) is 0 Å². The van der Waals surface area contributed by atoms with Gasteiger partial charge in [-0.1, -0.05) is 24.3 Å². The zero-order valence-electron chi connectivity index (χ0n) is 10.8. The molecular weight excluding hydrogens is 240 g/mol. The topological polar surface area (TPSA) is 38.7 Å². The fourth-order valence-corrected chi connectivity index (χ4v) is 2.01. The van der Waals surface area contributed by atoms with Crippen molar-refractivity contribution in [2.45, 2.75) is 18.9 Å². The highest BCUT2D eigenvalue weighted by Gasteiger charge is 2.23. The van der Waals surface area contributed by atoms with Gasteiger partial charge in [0.1, 0.15) is 5.75 Å². The first-order valence-electron chi connectivity index (χ1n) is 6.41. The van der Waals surface area contributed by atoms with E-state index in [0.717, 1.165) is 29.7 Å². The zero-order chi connectivity index (χ0) is 13.2. The molecule has 3 heteroatoms. The van der Waals surface area contributed by atoms with E-state index in [0.29, 0.717) is 11.9 Å². The first-order valence-corrected chi connectivity index (χ1v) is 6.41. The number of hydrogen-bond donors (Lipinski definition) is 1. The standard InChI is InChI=1S/C16H16O3/c1-18-15-4-2-3-14(16(15)17)11-5-7-12(8-6-11)19-13-9-10-13/h2-8,13,17H,9-10H2,1H3. The highest BCUT2D eigenvalue weighted by Crippen LogP contribution is 2.37. The highest BCUT2D eigenvalue weighted by molar-refractivity contribution is 5.73. The number of methoxy groups -OCH3 is 1. The molecule has 0 spiro atoms. The summed E-state index contributed by atoms with van der Waals surface area (Å²) in [5.74, 6) is 1.53. The third-order valence-corrected chi connectivity index (χ3v) is 3.21. The highest BCUT2D eigenvalue weighted by atomic mass is 16.5. The molecule has 3 rings (SSSR count). The smallest absolute Gasteiger partial charge is 0.165 e. The summed E-state index contributed by atoms with van der Waals surface area (Å²) in [4.78, 5) is 0. The molecule has 1 N–H and O–H groups in total. The molecule has 0 aromatic heterocycles. The van der Waals surface area contributed by atoms with Crippen molar-refractivity contribution in [3.8, 4) is 28.4 Å². The summed E-state index contributed by atoms with van der Waals surface area (Å²) in [6.45, 7) is 0. The largest absolute Gasteiger partial charge is 0.504 e. The minimum Gasteiger partial charge on any atom is -0.504 e. The lowest BCUT2D eigenvalue weighted by atomic mass is 10.0. The number of phenols is 1. The Bertz CT molecular complexity index is 571. The molecule has 3 nitrogen and oxygen atoms in total. The van der Waals surface area contributed by atoms with Crippen LogP contribution in [0, 0.1) is 0 Å². The summed E-state index contributed by atoms with van der Waals surface area (Å²) >= 11 is 0. The lowest BCUT2D eigenvalue weighted by Gasteiger charge is -2.10. The van der Waals surface area contributed by atoms with Crippen molar-refractivity contribution in [1.29, 1.82) is 0 Å². The maximum Gasteiger partial charge on any atom is 0.165 e. The number of ether oxygens (including phenoxy) is 2. The SMILES string of the molecule is COc1cccc(-c2ccc(OC3CC3)cc2)c1O. The third kappa shape index (κ3) is 2.50. The number of benzene rings is 2. The minimum atomic E-state index is 0.167. The fourth-order valence-electron chi connectivity index (χ4n) is 2.01. The van der Waals surface area contributed by atoms with Gasteiger partial charge < -0.3 is 14.6 Å². The molecule has 0 atom stereocenters. The predicted octanol–water partition coefficient (Wildman–Crippen LogP) is 3.61. The molecule has 1 aliphatic rings. The lowest BCUT2D eigenvalue weighted by molar-refractivity contribution is 0.303. The van der Waals surface area contributed by atoms with Gasteiger partial charge in [0.15, 0.2) is 11.5 Å². The van der Waals surface area contributed by atoms with Gasteiger partial charge in [0.2, 0.25) is 0 Å². The van der Waals surface area contributed by atoms with Crippen molar-refractivity contribution in [3.05, 3.63) is 42.5 Å². The molecule has 0 saturated heterocycles. The number of aromatic hydroxyl groups is 1. The van der Waals surface area contributed by atoms with Crippen LogP contribution in [0.4, 0.5) is 0 Å². The zero-order valence-corrected chi connectivity index (χ0v) is 10.8. The Morgan fingerprint density at radius 2 is 1.79 bits per heavy atom. The summed E-state index contributed by atoms with van der Waals surface area (Å²) in [7, 11) is 1.55. The molecule has 0 bridgehead atoms. The van der Waals surface area contributed by atoms with Gasteiger partial charge in [-0.25, -0.2) is 0 Å². The van der Waals surface area contributed by atoms with Crippen LogP contribution in [0.2, 0.25) is 0 Å². The average Bonchev–Trinajstić information content (AvgIpc) is 3.24. The number of rotatable bonds is 4. The van der Waals surface area contributed by atoms with E-state index in [-0.39, 0.29) is 5.75 Å². The number of hydrogen-bond acceptors (Lipinski definition) is 3. The lowest BCUT2D eigenvalue weighted by Crippen LogP contribution is -1.95. The van der Waals surface area contributed by atoms with Crippen LogP contribution >= 0.6 is 0 Å². The fraction of sp³-hybridized carbons (Fsp3) is 0.250. The van der Waals surface area contributed by atoms with E-state index in [4.69, 9.17) is 9.47 Å². The molecule has 0 aliphatic heterocycles. The molecule has 0 radical (unpaired) electrons. The first kappa shape index (κ1) is 11.9. The van der Waals surface area contributed by atoms with Crippen molar-refractivity contribution in [2.24, 2.45) is 0 Å². The average molecular weight is 256 g/mol. The summed E-state index contributed by atoms with van der Waals surface area (Å²) in [6, 6.07) is 13.2. The van der Waals surface area contributed by atoms with Crippen molar-refractivity contribution in [2.75, 3.05) is 7.11 Å². The van der Waals surface area contributed by atoms with Gasteiger partial charge in [-0.05, 0) is 36.6 Å². The van der Waals surface area contributed by atoms with Crippen molar-refractivity contribution in [1.82, 2.24) is 0 Å². The van der Waals surface area contributed by atoms with E-state index < -0.39 is 0 Å². The Balaban J connectivity index is 1.88. The van der Waals surface area contributed by atoms with Crippen LogP contribution in [0.1, 0.15) is 12.8 Å². The molecule has 2 aromatic carbocycles. The summed E-state index contributed by atoms with van der Waals surface area (Å²) in [6.07, 6.45) is 2.70. The summed E-state index contributed by atoms with van der Waals surface area (Å²) < 4.78 is 10.8. The second kappa shape index (κ2) is 4.84. The quantitative estimate of drug-likeness (QED) is 0.908. The summed E-state index contributed by atoms with van der Waals surface area (Å²) in [5, 5.41) is 10.1. The maximum atomic E-state index is 10.1. The Morgan fingerprint density at radius 1 is 1.05 bits per heavy atom. The molecular formula is C16H16O3. The Morgan fingerprint density at radius 3 is 2.42 bits per heavy atom. The molecule has 0 amide bonds. The van der Waals surface area contributed by atoms with E-state index in [2.05, 4.69) is 0 Å². The Hall–Kier alpha value is -2.16. The minimum absolute atomic E-state index is 0.167. The number of para-hydroxylation sites is 1. The van der Waals surface area contributed by atoms with Crippen LogP contribution in [-0.4, -0.2) is 18.3 Å². The Labute approximate surface area is 112 Å². The van der Waals surface area contributed by atoms with Gasteiger partial charge in [0.05, 0.1) is 13.2 Å². The molecule has 2 aromatic rings. The number of phenolic OH excluding ortho intramolecular Hbond substituents is 1. The van der Waals surface area contributed by atoms with Gasteiger partial charge in [-0.2, -0.15) is 0 Å². The maximum absolute atomic E-state index is 10.1. The second-order valence-corrected chi connectivity index (χ2v) is 4.70. The molecule has 19 heavy (non-hydrogen) atoms. The van der Waals surface area contributed by atoms with Crippen molar-refractivity contribution >= 4 is 0 Å². The molecule has 1 saturated carbocycles. The van der Waals surface area contributed by atoms with Crippen LogP contribution in [0.25, 0.3) is 11.1 Å². The van der Waals surface area contributed by atoms with Gasteiger partial charge in [-0.15, -0.1) is 0 Å². The Kier molecular flexibility index (Phi) is 3.03. The predicted molar refractivity (Wildman–Crippen MR) is 73.7 cm³/mol. The van der Waals surface area contributed by atoms with Gasteiger partial charge in [0.25, 0.3) is 0 Å². The van der Waals surface area contributed by atoms with Crippen molar-refractivity contribution in [3.63, 3.8) is 0 Å². The van der Waals surface area contributed by atoms with Gasteiger partial charge in [0, 0.05) is 5.56 Å². The van der Waals surface area contributed by atoms with E-state index in [1.807, 2.05) is 36.4 Å². The second-order valence-electron chi connectivity index (χ2n) is 4.70. The molecule has 1 fully saturated rings. The first-order chi connectivity index (χ1) is 9.28. The normalized spacial score (nSPS) is 14.2. The van der Waals surface area contributed by atoms with Gasteiger partial charge >= 0.3 is 0 Å². The van der Waals surface area contributed by atoms with Crippen molar-refractivity contribution < 1.29 is 14.6 Å². The van der Waals surface area contributed by atoms with Crippen LogP contribution in [0.5, 0.6) is 17.2 Å². The van der Waals surface area contributed by atoms with Crippen LogP contribution in [0.15, 0.2) is 42.5 Å². The van der Waals surface area contributed by atoms with E-state index in [1.54, 1.807) is 13.2 Å². The monoisotopic (exact) mass is 256 g/mol. The molecule has 1 aliphatic carbocycles. The van der Waals surface area contributed by atoms with Gasteiger partial charge in [-0.3, -0.25) is 0 Å². The molecule has 98 valence electrons. The van der Waals surface area contributed by atoms with E-state index in [9.17, 15) is 5.11 Å². The molecule has 0 heterocycles. The summed E-state index contributed by atoms with van der Waals surface area (Å²) in [5.41, 5.74) is 1.71. The van der Waals surface area contributed by atoms with E-state index >= 15 is 0 Å². The third-order valence-electron chi connectivity index (χ3n) is 3.21. The van der Waals surface area contributed by atoms with E-state index in [1.165, 1.54) is 0 Å². The molecule has 0 unspecified atom stereocenters. The van der Waals surface area contributed by atoms with Crippen LogP contribution < -0.4 is 9.47 Å². The van der Waals surface area contributed by atoms with Crippen LogP contribution in [0.3, 0.4) is 0 Å².